The first-order valence-corrected chi connectivity index (χ1v) is 5.13. The molecule has 1 heterocycles. The lowest BCUT2D eigenvalue weighted by Crippen LogP contribution is -2.14. The summed E-state index contributed by atoms with van der Waals surface area (Å²) in [5.74, 6) is -1.26. The molecular weight excluding hydrogens is 220 g/mol. The van der Waals surface area contributed by atoms with E-state index in [1.165, 1.54) is 29.0 Å². The summed E-state index contributed by atoms with van der Waals surface area (Å²) >= 11 is 0.998. The zero-order valence-electron chi connectivity index (χ0n) is 7.61. The number of benzene rings is 1. The minimum atomic E-state index is -0.631. The van der Waals surface area contributed by atoms with E-state index in [9.17, 15) is 13.6 Å². The number of halogens is 2. The summed E-state index contributed by atoms with van der Waals surface area (Å²) in [4.78, 5) is 11.0. The van der Waals surface area contributed by atoms with E-state index in [1.54, 1.807) is 5.38 Å². The van der Waals surface area contributed by atoms with Crippen LogP contribution >= 0.6 is 11.3 Å². The van der Waals surface area contributed by atoms with E-state index >= 15 is 0 Å². The molecule has 0 aliphatic carbocycles. The molecule has 0 unspecified atom stereocenters. The Morgan fingerprint density at radius 2 is 1.93 bits per heavy atom. The molecule has 0 N–H and O–H groups in total. The first kappa shape index (κ1) is 10.0. The van der Waals surface area contributed by atoms with Gasteiger partial charge >= 0.3 is 4.87 Å². The third kappa shape index (κ3) is 1.97. The molecule has 1 aromatic heterocycles. The lowest BCUT2D eigenvalue weighted by Gasteiger charge is -2.04. The van der Waals surface area contributed by atoms with Crippen molar-refractivity contribution in [1.82, 2.24) is 4.57 Å². The standard InChI is InChI=1S/C10H7F2NOS/c11-8-2-1-3-9(12)7(8)6-13-4-5-15-10(13)14/h1-5H,6H2. The topological polar surface area (TPSA) is 22.0 Å². The fraction of sp³-hybridized carbons (Fsp3) is 0.100. The number of hydrogen-bond acceptors (Lipinski definition) is 2. The van der Waals surface area contributed by atoms with Crippen molar-refractivity contribution in [2.75, 3.05) is 0 Å². The van der Waals surface area contributed by atoms with Crippen molar-refractivity contribution in [3.8, 4) is 0 Å². The van der Waals surface area contributed by atoms with Crippen LogP contribution in [0.1, 0.15) is 5.56 Å². The van der Waals surface area contributed by atoms with Gasteiger partial charge in [-0.2, -0.15) is 0 Å². The van der Waals surface area contributed by atoms with Crippen LogP contribution in [0.4, 0.5) is 8.78 Å². The highest BCUT2D eigenvalue weighted by molar-refractivity contribution is 7.07. The normalized spacial score (nSPS) is 10.5. The Labute approximate surface area is 88.4 Å². The molecule has 1 aromatic carbocycles. The number of aromatic nitrogens is 1. The van der Waals surface area contributed by atoms with Gasteiger partial charge in [-0.05, 0) is 12.1 Å². The fourth-order valence-electron chi connectivity index (χ4n) is 1.26. The first-order chi connectivity index (χ1) is 7.18. The Kier molecular flexibility index (Phi) is 2.64. The molecule has 0 atom stereocenters. The zero-order valence-corrected chi connectivity index (χ0v) is 8.43. The van der Waals surface area contributed by atoms with Gasteiger partial charge in [-0.1, -0.05) is 17.4 Å². The van der Waals surface area contributed by atoms with Crippen LogP contribution in [0.15, 0.2) is 34.6 Å². The van der Waals surface area contributed by atoms with Gasteiger partial charge in [0.1, 0.15) is 11.6 Å². The van der Waals surface area contributed by atoms with Crippen LogP contribution in [0.5, 0.6) is 0 Å². The molecule has 0 fully saturated rings. The van der Waals surface area contributed by atoms with Gasteiger partial charge < -0.3 is 4.57 Å². The van der Waals surface area contributed by atoms with Crippen molar-refractivity contribution in [1.29, 1.82) is 0 Å². The molecule has 0 saturated heterocycles. The highest BCUT2D eigenvalue weighted by Crippen LogP contribution is 2.12. The second kappa shape index (κ2) is 3.94. The van der Waals surface area contributed by atoms with Crippen molar-refractivity contribution < 1.29 is 8.78 Å². The Bertz CT molecular complexity index is 512. The molecule has 0 radical (unpaired) electrons. The molecule has 2 nitrogen and oxygen atoms in total. The quantitative estimate of drug-likeness (QED) is 0.771. The molecule has 0 saturated carbocycles. The van der Waals surface area contributed by atoms with Gasteiger partial charge in [-0.25, -0.2) is 8.78 Å². The van der Waals surface area contributed by atoms with E-state index in [2.05, 4.69) is 0 Å². The van der Waals surface area contributed by atoms with Crippen molar-refractivity contribution in [2.24, 2.45) is 0 Å². The molecule has 0 amide bonds. The minimum Gasteiger partial charge on any atom is -0.301 e. The number of rotatable bonds is 2. The fourth-order valence-corrected chi connectivity index (χ4v) is 1.85. The van der Waals surface area contributed by atoms with Crippen LogP contribution in [-0.4, -0.2) is 4.57 Å². The lowest BCUT2D eigenvalue weighted by atomic mass is 10.2. The average Bonchev–Trinajstić information content (AvgIpc) is 2.58. The predicted molar refractivity (Wildman–Crippen MR) is 54.0 cm³/mol. The molecular formula is C10H7F2NOS. The molecule has 0 spiro atoms. The van der Waals surface area contributed by atoms with Crippen LogP contribution in [0, 0.1) is 11.6 Å². The van der Waals surface area contributed by atoms with Gasteiger partial charge in [0.15, 0.2) is 0 Å². The zero-order chi connectivity index (χ0) is 10.8. The maximum absolute atomic E-state index is 13.2. The Morgan fingerprint density at radius 3 is 2.47 bits per heavy atom. The number of nitrogens with zero attached hydrogens (tertiary/aromatic N) is 1. The van der Waals surface area contributed by atoms with Gasteiger partial charge in [-0.3, -0.25) is 4.79 Å². The molecule has 15 heavy (non-hydrogen) atoms. The Morgan fingerprint density at radius 1 is 1.27 bits per heavy atom. The summed E-state index contributed by atoms with van der Waals surface area (Å²) in [5, 5.41) is 1.58. The van der Waals surface area contributed by atoms with E-state index in [0.717, 1.165) is 11.3 Å². The summed E-state index contributed by atoms with van der Waals surface area (Å²) in [6.07, 6.45) is 1.51. The second-order valence-electron chi connectivity index (χ2n) is 3.00. The third-order valence-corrected chi connectivity index (χ3v) is 2.73. The van der Waals surface area contributed by atoms with Gasteiger partial charge in [0.2, 0.25) is 0 Å². The second-order valence-corrected chi connectivity index (χ2v) is 3.85. The molecule has 5 heteroatoms. The predicted octanol–water partition coefficient (Wildman–Crippen LogP) is 2.24. The summed E-state index contributed by atoms with van der Waals surface area (Å²) in [6, 6.07) is 3.65. The largest absolute Gasteiger partial charge is 0.307 e. The van der Waals surface area contributed by atoms with Gasteiger partial charge in [0, 0.05) is 17.1 Å². The average molecular weight is 227 g/mol. The summed E-state index contributed by atoms with van der Waals surface area (Å²) < 4.78 is 27.7. The highest BCUT2D eigenvalue weighted by atomic mass is 32.1. The van der Waals surface area contributed by atoms with Gasteiger partial charge in [-0.15, -0.1) is 0 Å². The smallest absolute Gasteiger partial charge is 0.301 e. The number of thiazole rings is 1. The van der Waals surface area contributed by atoms with Crippen LogP contribution in [-0.2, 0) is 6.54 Å². The maximum Gasteiger partial charge on any atom is 0.307 e. The molecule has 0 bridgehead atoms. The van der Waals surface area contributed by atoms with E-state index in [4.69, 9.17) is 0 Å². The molecule has 2 rings (SSSR count). The van der Waals surface area contributed by atoms with Crippen molar-refractivity contribution in [3.63, 3.8) is 0 Å². The maximum atomic E-state index is 13.2. The van der Waals surface area contributed by atoms with Crippen molar-refractivity contribution in [3.05, 3.63) is 56.6 Å². The molecule has 2 aromatic rings. The van der Waals surface area contributed by atoms with E-state index in [1.807, 2.05) is 0 Å². The van der Waals surface area contributed by atoms with Crippen LogP contribution < -0.4 is 4.87 Å². The number of hydrogen-bond donors (Lipinski definition) is 0. The summed E-state index contributed by atoms with van der Waals surface area (Å²) in [7, 11) is 0. The highest BCUT2D eigenvalue weighted by Gasteiger charge is 2.09. The first-order valence-electron chi connectivity index (χ1n) is 4.25. The van der Waals surface area contributed by atoms with Gasteiger partial charge in [0.25, 0.3) is 0 Å². The van der Waals surface area contributed by atoms with Crippen LogP contribution in [0.2, 0.25) is 0 Å². The molecule has 0 aliphatic heterocycles. The minimum absolute atomic E-state index is 0.0686. The Hall–Kier alpha value is -1.49. The van der Waals surface area contributed by atoms with Crippen molar-refractivity contribution in [2.45, 2.75) is 6.54 Å². The SMILES string of the molecule is O=c1sccn1Cc1c(F)cccc1F. The summed E-state index contributed by atoms with van der Waals surface area (Å²) in [6.45, 7) is -0.0686. The third-order valence-electron chi connectivity index (χ3n) is 2.03. The monoisotopic (exact) mass is 227 g/mol. The lowest BCUT2D eigenvalue weighted by molar-refractivity contribution is 0.543. The Balaban J connectivity index is 2.40. The molecule has 78 valence electrons. The van der Waals surface area contributed by atoms with E-state index in [0.29, 0.717) is 0 Å². The van der Waals surface area contributed by atoms with Crippen LogP contribution in [0.3, 0.4) is 0 Å². The van der Waals surface area contributed by atoms with E-state index in [-0.39, 0.29) is 17.0 Å². The van der Waals surface area contributed by atoms with Gasteiger partial charge in [0.05, 0.1) is 6.54 Å². The molecule has 0 aliphatic rings. The van der Waals surface area contributed by atoms with E-state index < -0.39 is 11.6 Å². The summed E-state index contributed by atoms with van der Waals surface area (Å²) in [5.41, 5.74) is -0.0852. The van der Waals surface area contributed by atoms with Crippen LogP contribution in [0.25, 0.3) is 0 Å². The van der Waals surface area contributed by atoms with Crippen molar-refractivity contribution >= 4 is 11.3 Å².